The van der Waals surface area contributed by atoms with E-state index in [9.17, 15) is 9.59 Å². The summed E-state index contributed by atoms with van der Waals surface area (Å²) in [7, 11) is -1.23. The number of hydrogen-bond acceptors (Lipinski definition) is 4. The van der Waals surface area contributed by atoms with Gasteiger partial charge in [-0.05, 0) is 18.5 Å². The average molecular weight is 300 g/mol. The summed E-state index contributed by atoms with van der Waals surface area (Å²) in [5.74, 6) is -1.23. The quantitative estimate of drug-likeness (QED) is 0.244. The zero-order valence-corrected chi connectivity index (χ0v) is 13.8. The second-order valence-corrected chi connectivity index (χ2v) is 11.6. The van der Waals surface area contributed by atoms with Gasteiger partial charge in [0.25, 0.3) is 0 Å². The van der Waals surface area contributed by atoms with Gasteiger partial charge in [-0.25, -0.2) is 4.79 Å². The number of azide groups is 1. The van der Waals surface area contributed by atoms with Crippen molar-refractivity contribution in [2.24, 2.45) is 11.0 Å². The van der Waals surface area contributed by atoms with Crippen molar-refractivity contribution in [3.8, 4) is 0 Å². The third kappa shape index (κ3) is 8.55. The van der Waals surface area contributed by atoms with Crippen LogP contribution in [0.4, 0.5) is 0 Å². The van der Waals surface area contributed by atoms with Crippen LogP contribution in [0.5, 0.6) is 0 Å². The number of carbonyl (C=O) groups excluding carboxylic acids is 2. The maximum atomic E-state index is 11.7. The molecule has 0 aromatic heterocycles. The minimum Gasteiger partial charge on any atom is -0.464 e. The van der Waals surface area contributed by atoms with Crippen molar-refractivity contribution >= 4 is 20.0 Å². The summed E-state index contributed by atoms with van der Waals surface area (Å²) in [6.45, 7) is 10.3. The fraction of sp³-hybridized carbons (Fsp3) is 0.833. The van der Waals surface area contributed by atoms with E-state index in [1.54, 1.807) is 13.8 Å². The molecular weight excluding hydrogens is 276 g/mol. The van der Waals surface area contributed by atoms with Crippen LogP contribution >= 0.6 is 0 Å². The fourth-order valence-corrected chi connectivity index (χ4v) is 1.95. The lowest BCUT2D eigenvalue weighted by Crippen LogP contribution is -2.42. The van der Waals surface area contributed by atoms with Gasteiger partial charge in [-0.2, -0.15) is 0 Å². The first-order valence-corrected chi connectivity index (χ1v) is 10.4. The van der Waals surface area contributed by atoms with Gasteiger partial charge in [0.2, 0.25) is 5.91 Å². The van der Waals surface area contributed by atoms with E-state index in [0.29, 0.717) is 6.61 Å². The summed E-state index contributed by atoms with van der Waals surface area (Å²) in [6.07, 6.45) is 0. The second kappa shape index (κ2) is 8.60. The summed E-state index contributed by atoms with van der Waals surface area (Å²) in [6, 6.07) is 0.199. The van der Waals surface area contributed by atoms with Crippen molar-refractivity contribution in [1.82, 2.24) is 5.32 Å². The molecule has 20 heavy (non-hydrogen) atoms. The molecule has 0 aliphatic carbocycles. The molecule has 0 rings (SSSR count). The molecule has 1 N–H and O–H groups in total. The minimum atomic E-state index is -1.23. The molecule has 2 atom stereocenters. The standard InChI is InChI=1S/C12H24N4O3Si/c1-9(8-14-16-13)11(17)15-10(2)12(18)19-6-7-20(3,4)5/h9-10H,6-8H2,1-5H3,(H,15,17)/t9-,10-/m1/s1. The van der Waals surface area contributed by atoms with E-state index >= 15 is 0 Å². The SMILES string of the molecule is C[C@H](CN=[N+]=[N-])C(=O)N[C@H](C)C(=O)OCC[Si](C)(C)C. The number of carbonyl (C=O) groups is 2. The Morgan fingerprint density at radius 2 is 1.95 bits per heavy atom. The van der Waals surface area contributed by atoms with E-state index in [-0.39, 0.29) is 12.5 Å². The Balaban J connectivity index is 4.12. The van der Waals surface area contributed by atoms with Crippen molar-refractivity contribution in [2.45, 2.75) is 45.6 Å². The molecular formula is C12H24N4O3Si. The summed E-state index contributed by atoms with van der Waals surface area (Å²) in [5, 5.41) is 5.88. The number of esters is 1. The highest BCUT2D eigenvalue weighted by Crippen LogP contribution is 2.08. The van der Waals surface area contributed by atoms with Gasteiger partial charge in [0.05, 0.1) is 6.61 Å². The minimum absolute atomic E-state index is 0.0692. The molecule has 0 unspecified atom stereocenters. The van der Waals surface area contributed by atoms with E-state index in [1.807, 2.05) is 0 Å². The molecule has 0 heterocycles. The Bertz CT molecular complexity index is 389. The van der Waals surface area contributed by atoms with Crippen LogP contribution in [0.3, 0.4) is 0 Å². The fourth-order valence-electron chi connectivity index (χ4n) is 1.24. The van der Waals surface area contributed by atoms with E-state index in [1.165, 1.54) is 0 Å². The van der Waals surface area contributed by atoms with Crippen LogP contribution in [0.2, 0.25) is 25.7 Å². The van der Waals surface area contributed by atoms with Gasteiger partial charge in [-0.15, -0.1) is 0 Å². The first-order chi connectivity index (χ1) is 9.17. The van der Waals surface area contributed by atoms with Crippen molar-refractivity contribution in [3.63, 3.8) is 0 Å². The second-order valence-electron chi connectivity index (χ2n) is 6.02. The molecule has 0 bridgehead atoms. The van der Waals surface area contributed by atoms with Crippen molar-refractivity contribution in [2.75, 3.05) is 13.2 Å². The maximum Gasteiger partial charge on any atom is 0.328 e. The molecule has 0 saturated heterocycles. The highest BCUT2D eigenvalue weighted by Gasteiger charge is 2.21. The molecule has 0 saturated carbocycles. The molecule has 0 fully saturated rings. The molecule has 0 aliphatic rings. The Morgan fingerprint density at radius 1 is 1.35 bits per heavy atom. The predicted molar refractivity (Wildman–Crippen MR) is 79.9 cm³/mol. The lowest BCUT2D eigenvalue weighted by atomic mass is 10.1. The summed E-state index contributed by atoms with van der Waals surface area (Å²) in [4.78, 5) is 26.0. The molecule has 7 nitrogen and oxygen atoms in total. The van der Waals surface area contributed by atoms with Gasteiger partial charge in [-0.3, -0.25) is 4.79 Å². The Morgan fingerprint density at radius 3 is 2.45 bits per heavy atom. The van der Waals surface area contributed by atoms with Crippen LogP contribution in [-0.4, -0.2) is 39.1 Å². The van der Waals surface area contributed by atoms with Gasteiger partial charge < -0.3 is 10.1 Å². The Labute approximate surface area is 120 Å². The number of ether oxygens (including phenoxy) is 1. The molecule has 0 aliphatic heterocycles. The van der Waals surface area contributed by atoms with Gasteiger partial charge in [-0.1, -0.05) is 31.7 Å². The van der Waals surface area contributed by atoms with Crippen LogP contribution in [0.1, 0.15) is 13.8 Å². The summed E-state index contributed by atoms with van der Waals surface area (Å²) < 4.78 is 5.14. The van der Waals surface area contributed by atoms with Crippen LogP contribution in [0.25, 0.3) is 10.4 Å². The lowest BCUT2D eigenvalue weighted by molar-refractivity contribution is -0.147. The van der Waals surface area contributed by atoms with E-state index < -0.39 is 26.0 Å². The highest BCUT2D eigenvalue weighted by molar-refractivity contribution is 6.76. The zero-order chi connectivity index (χ0) is 15.8. The molecule has 1 amide bonds. The van der Waals surface area contributed by atoms with Gasteiger partial charge in [0.1, 0.15) is 6.04 Å². The summed E-state index contributed by atoms with van der Waals surface area (Å²) in [5.41, 5.74) is 8.19. The van der Waals surface area contributed by atoms with E-state index in [2.05, 4.69) is 35.0 Å². The number of hydrogen-bond donors (Lipinski definition) is 1. The van der Waals surface area contributed by atoms with E-state index in [0.717, 1.165) is 6.04 Å². The molecule has 114 valence electrons. The molecule has 0 aromatic rings. The van der Waals surface area contributed by atoms with Gasteiger partial charge in [0.15, 0.2) is 0 Å². The molecule has 0 spiro atoms. The third-order valence-electron chi connectivity index (χ3n) is 2.68. The van der Waals surface area contributed by atoms with E-state index in [4.69, 9.17) is 10.3 Å². The predicted octanol–water partition coefficient (Wildman–Crippen LogP) is 2.32. The zero-order valence-electron chi connectivity index (χ0n) is 12.8. The highest BCUT2D eigenvalue weighted by atomic mass is 28.3. The number of rotatable bonds is 8. The van der Waals surface area contributed by atoms with Crippen molar-refractivity contribution in [3.05, 3.63) is 10.4 Å². The number of amides is 1. The van der Waals surface area contributed by atoms with Crippen LogP contribution in [0.15, 0.2) is 5.11 Å². The van der Waals surface area contributed by atoms with Gasteiger partial charge in [0, 0.05) is 25.4 Å². The van der Waals surface area contributed by atoms with Gasteiger partial charge >= 0.3 is 5.97 Å². The normalized spacial score (nSPS) is 13.8. The first-order valence-electron chi connectivity index (χ1n) is 6.65. The van der Waals surface area contributed by atoms with Crippen LogP contribution in [-0.2, 0) is 14.3 Å². The maximum absolute atomic E-state index is 11.7. The average Bonchev–Trinajstić information content (AvgIpc) is 2.33. The summed E-state index contributed by atoms with van der Waals surface area (Å²) >= 11 is 0. The molecule has 0 radical (unpaired) electrons. The molecule has 0 aromatic carbocycles. The number of nitrogens with zero attached hydrogens (tertiary/aromatic N) is 3. The van der Waals surface area contributed by atoms with Crippen molar-refractivity contribution in [1.29, 1.82) is 0 Å². The monoisotopic (exact) mass is 300 g/mol. The first kappa shape index (κ1) is 18.5. The largest absolute Gasteiger partial charge is 0.464 e. The topological polar surface area (TPSA) is 104 Å². The van der Waals surface area contributed by atoms with Crippen LogP contribution in [0, 0.1) is 5.92 Å². The van der Waals surface area contributed by atoms with Crippen LogP contribution < -0.4 is 5.32 Å². The Hall–Kier alpha value is -1.53. The smallest absolute Gasteiger partial charge is 0.328 e. The molecule has 8 heteroatoms. The third-order valence-corrected chi connectivity index (χ3v) is 4.38. The lowest BCUT2D eigenvalue weighted by Gasteiger charge is -2.18. The Kier molecular flexibility index (Phi) is 7.94. The number of nitrogens with one attached hydrogen (secondary N) is 1. The van der Waals surface area contributed by atoms with Crippen molar-refractivity contribution < 1.29 is 14.3 Å².